The third-order valence-electron chi connectivity index (χ3n) is 3.78. The second kappa shape index (κ2) is 9.73. The summed E-state index contributed by atoms with van der Waals surface area (Å²) in [6.07, 6.45) is 2.93. The second-order valence-corrected chi connectivity index (χ2v) is 7.94. The van der Waals surface area contributed by atoms with Gasteiger partial charge in [0.15, 0.2) is 0 Å². The molecule has 1 amide bonds. The number of amides is 1. The zero-order valence-electron chi connectivity index (χ0n) is 15.2. The predicted molar refractivity (Wildman–Crippen MR) is 108 cm³/mol. The Labute approximate surface area is 163 Å². The van der Waals surface area contributed by atoms with E-state index >= 15 is 0 Å². The summed E-state index contributed by atoms with van der Waals surface area (Å²) in [5, 5.41) is 0. The molecule has 0 atom stereocenters. The summed E-state index contributed by atoms with van der Waals surface area (Å²) in [6.45, 7) is 5.24. The molecule has 1 fully saturated rings. The number of carbonyl (C=O) groups excluding carboxylic acids is 2. The molecule has 26 heavy (non-hydrogen) atoms. The highest BCUT2D eigenvalue weighted by Gasteiger charge is 2.32. The second-order valence-electron chi connectivity index (χ2n) is 6.26. The maximum absolute atomic E-state index is 12.5. The number of carbonyl (C=O) groups is 2. The minimum Gasteiger partial charge on any atom is -0.494 e. The fraction of sp³-hybridized carbons (Fsp3) is 0.421. The Morgan fingerprint density at radius 3 is 2.62 bits per heavy atom. The number of thioether (sulfide) groups is 1. The van der Waals surface area contributed by atoms with Gasteiger partial charge in [0.2, 0.25) is 0 Å². The van der Waals surface area contributed by atoms with Crippen molar-refractivity contribution in [2.45, 2.75) is 26.7 Å². The van der Waals surface area contributed by atoms with Gasteiger partial charge in [0, 0.05) is 6.54 Å². The van der Waals surface area contributed by atoms with Gasteiger partial charge in [0.25, 0.3) is 5.91 Å². The van der Waals surface area contributed by atoms with Gasteiger partial charge in [-0.3, -0.25) is 14.5 Å². The van der Waals surface area contributed by atoms with Gasteiger partial charge in [-0.25, -0.2) is 0 Å². The molecule has 5 nitrogen and oxygen atoms in total. The fourth-order valence-corrected chi connectivity index (χ4v) is 3.53. The van der Waals surface area contributed by atoms with E-state index in [1.54, 1.807) is 6.08 Å². The molecule has 1 saturated heterocycles. The highest BCUT2D eigenvalue weighted by molar-refractivity contribution is 8.26. The zero-order chi connectivity index (χ0) is 19.1. The van der Waals surface area contributed by atoms with Crippen molar-refractivity contribution in [1.29, 1.82) is 0 Å². The summed E-state index contributed by atoms with van der Waals surface area (Å²) >= 11 is 6.49. The third kappa shape index (κ3) is 5.85. The maximum Gasteiger partial charge on any atom is 0.307 e. The van der Waals surface area contributed by atoms with Crippen molar-refractivity contribution >= 4 is 46.3 Å². The zero-order valence-corrected chi connectivity index (χ0v) is 16.8. The van der Waals surface area contributed by atoms with Crippen molar-refractivity contribution in [2.24, 2.45) is 5.92 Å². The standard InChI is InChI=1S/C19H23NO4S2/c1-13(2)9-11-24-15-6-4-14(5-7-15)12-16-18(22)20(19(25)26-16)10-8-17(21)23-3/h4-7,12-13H,8-11H2,1-3H3/b16-12+. The lowest BCUT2D eigenvalue weighted by atomic mass is 10.1. The Kier molecular flexibility index (Phi) is 7.66. The normalized spacial score (nSPS) is 15.8. The molecule has 0 spiro atoms. The molecule has 0 unspecified atom stereocenters. The van der Waals surface area contributed by atoms with E-state index in [1.165, 1.54) is 23.8 Å². The monoisotopic (exact) mass is 393 g/mol. The van der Waals surface area contributed by atoms with E-state index in [0.29, 0.717) is 21.8 Å². The number of ether oxygens (including phenoxy) is 2. The Hall–Kier alpha value is -1.86. The molecule has 0 radical (unpaired) electrons. The van der Waals surface area contributed by atoms with Crippen LogP contribution in [0.4, 0.5) is 0 Å². The SMILES string of the molecule is COC(=O)CCN1C(=O)/C(=C\c2ccc(OCCC(C)C)cc2)SC1=S. The molecule has 2 rings (SSSR count). The van der Waals surface area contributed by atoms with E-state index in [0.717, 1.165) is 17.7 Å². The van der Waals surface area contributed by atoms with Crippen LogP contribution in [-0.2, 0) is 14.3 Å². The number of rotatable bonds is 8. The highest BCUT2D eigenvalue weighted by Crippen LogP contribution is 2.32. The van der Waals surface area contributed by atoms with Crippen molar-refractivity contribution in [3.63, 3.8) is 0 Å². The van der Waals surface area contributed by atoms with E-state index < -0.39 is 0 Å². The molecule has 0 aliphatic carbocycles. The highest BCUT2D eigenvalue weighted by atomic mass is 32.2. The van der Waals surface area contributed by atoms with Gasteiger partial charge >= 0.3 is 5.97 Å². The summed E-state index contributed by atoms with van der Waals surface area (Å²) in [7, 11) is 1.32. The number of hydrogen-bond acceptors (Lipinski definition) is 6. The fourth-order valence-electron chi connectivity index (χ4n) is 2.22. The molecule has 1 aliphatic rings. The number of thiocarbonyl (C=S) groups is 1. The topological polar surface area (TPSA) is 55.8 Å². The van der Waals surface area contributed by atoms with Gasteiger partial charge in [-0.2, -0.15) is 0 Å². The minimum atomic E-state index is -0.365. The first-order chi connectivity index (χ1) is 12.4. The van der Waals surface area contributed by atoms with E-state index in [2.05, 4.69) is 18.6 Å². The van der Waals surface area contributed by atoms with Crippen LogP contribution in [0.25, 0.3) is 6.08 Å². The van der Waals surface area contributed by atoms with Crippen LogP contribution in [0.3, 0.4) is 0 Å². The number of methoxy groups -OCH3 is 1. The Bertz CT molecular complexity index is 698. The molecule has 0 N–H and O–H groups in total. The molecule has 0 aromatic heterocycles. The van der Waals surface area contributed by atoms with Gasteiger partial charge in [0.05, 0.1) is 25.0 Å². The van der Waals surface area contributed by atoms with E-state index in [-0.39, 0.29) is 24.8 Å². The van der Waals surface area contributed by atoms with Crippen molar-refractivity contribution in [1.82, 2.24) is 4.90 Å². The number of benzene rings is 1. The van der Waals surface area contributed by atoms with E-state index in [1.807, 2.05) is 24.3 Å². The largest absolute Gasteiger partial charge is 0.494 e. The molecule has 7 heteroatoms. The van der Waals surface area contributed by atoms with Crippen molar-refractivity contribution in [3.05, 3.63) is 34.7 Å². The van der Waals surface area contributed by atoms with Crippen LogP contribution in [0.2, 0.25) is 0 Å². The molecule has 1 aromatic carbocycles. The summed E-state index contributed by atoms with van der Waals surface area (Å²) in [6, 6.07) is 7.60. The summed E-state index contributed by atoms with van der Waals surface area (Å²) in [4.78, 5) is 25.7. The minimum absolute atomic E-state index is 0.124. The average molecular weight is 394 g/mol. The third-order valence-corrected chi connectivity index (χ3v) is 5.16. The molecule has 140 valence electrons. The lowest BCUT2D eigenvalue weighted by Crippen LogP contribution is -2.30. The molecule has 0 saturated carbocycles. The van der Waals surface area contributed by atoms with E-state index in [4.69, 9.17) is 17.0 Å². The summed E-state index contributed by atoms with van der Waals surface area (Å²) < 4.78 is 10.8. The van der Waals surface area contributed by atoms with Crippen molar-refractivity contribution in [3.8, 4) is 5.75 Å². The first-order valence-corrected chi connectivity index (χ1v) is 9.68. The van der Waals surface area contributed by atoms with Crippen LogP contribution in [0.15, 0.2) is 29.2 Å². The van der Waals surface area contributed by atoms with Gasteiger partial charge in [-0.15, -0.1) is 0 Å². The number of nitrogens with zero attached hydrogens (tertiary/aromatic N) is 1. The van der Waals surface area contributed by atoms with E-state index in [9.17, 15) is 9.59 Å². The number of hydrogen-bond donors (Lipinski definition) is 0. The van der Waals surface area contributed by atoms with Crippen molar-refractivity contribution < 1.29 is 19.1 Å². The van der Waals surface area contributed by atoms with Crippen molar-refractivity contribution in [2.75, 3.05) is 20.3 Å². The lowest BCUT2D eigenvalue weighted by Gasteiger charge is -2.12. The molecular formula is C19H23NO4S2. The maximum atomic E-state index is 12.5. The Morgan fingerprint density at radius 2 is 2.00 bits per heavy atom. The molecule has 1 aliphatic heterocycles. The Morgan fingerprint density at radius 1 is 1.31 bits per heavy atom. The predicted octanol–water partition coefficient (Wildman–Crippen LogP) is 3.88. The van der Waals surface area contributed by atoms with Crippen LogP contribution in [0, 0.1) is 5.92 Å². The van der Waals surface area contributed by atoms with Gasteiger partial charge in [0.1, 0.15) is 10.1 Å². The Balaban J connectivity index is 1.97. The van der Waals surface area contributed by atoms with Gasteiger partial charge in [-0.1, -0.05) is 50.0 Å². The smallest absolute Gasteiger partial charge is 0.307 e. The number of esters is 1. The molecular weight excluding hydrogens is 370 g/mol. The van der Waals surface area contributed by atoms with Crippen LogP contribution in [0.1, 0.15) is 32.3 Å². The first-order valence-electron chi connectivity index (χ1n) is 8.45. The van der Waals surface area contributed by atoms with Crippen LogP contribution in [-0.4, -0.2) is 41.4 Å². The first kappa shape index (κ1) is 20.5. The quantitative estimate of drug-likeness (QED) is 0.380. The summed E-state index contributed by atoms with van der Waals surface area (Å²) in [5.41, 5.74) is 0.898. The summed E-state index contributed by atoms with van der Waals surface area (Å²) in [5.74, 6) is 0.876. The van der Waals surface area contributed by atoms with Crippen LogP contribution < -0.4 is 4.74 Å². The molecule has 1 heterocycles. The lowest BCUT2D eigenvalue weighted by molar-refractivity contribution is -0.140. The van der Waals surface area contributed by atoms with Gasteiger partial charge in [-0.05, 0) is 36.1 Å². The van der Waals surface area contributed by atoms with Crippen LogP contribution >= 0.6 is 24.0 Å². The molecule has 0 bridgehead atoms. The average Bonchev–Trinajstić information content (AvgIpc) is 2.87. The van der Waals surface area contributed by atoms with Gasteiger partial charge < -0.3 is 9.47 Å². The van der Waals surface area contributed by atoms with Crippen LogP contribution in [0.5, 0.6) is 5.75 Å². The molecule has 1 aromatic rings.